The second kappa shape index (κ2) is 3.67. The van der Waals surface area contributed by atoms with Crippen LogP contribution in [0.2, 0.25) is 0 Å². The summed E-state index contributed by atoms with van der Waals surface area (Å²) in [7, 11) is 0. The number of hydrogen-bond donors (Lipinski definition) is 1. The van der Waals surface area contributed by atoms with Crippen LogP contribution in [-0.2, 0) is 0 Å². The minimum Gasteiger partial charge on any atom is -0.386 e. The van der Waals surface area contributed by atoms with Crippen LogP contribution in [0.4, 0.5) is 0 Å². The fourth-order valence-electron chi connectivity index (χ4n) is 1.96. The Morgan fingerprint density at radius 1 is 1.77 bits per heavy atom. The molecule has 1 aliphatic carbocycles. The van der Waals surface area contributed by atoms with E-state index in [1.165, 1.54) is 5.57 Å². The maximum atomic E-state index is 10.3. The van der Waals surface area contributed by atoms with Crippen molar-refractivity contribution in [2.75, 3.05) is 0 Å². The van der Waals surface area contributed by atoms with Gasteiger partial charge in [0.15, 0.2) is 0 Å². The first-order valence-electron chi connectivity index (χ1n) is 5.04. The summed E-state index contributed by atoms with van der Waals surface area (Å²) in [6, 6.07) is 0. The summed E-state index contributed by atoms with van der Waals surface area (Å²) in [5, 5.41) is 10.3. The maximum Gasteiger partial charge on any atom is 0.0857 e. The first-order chi connectivity index (χ1) is 5.99. The van der Waals surface area contributed by atoms with Gasteiger partial charge in [0.2, 0.25) is 0 Å². The van der Waals surface area contributed by atoms with Gasteiger partial charge >= 0.3 is 0 Å². The van der Waals surface area contributed by atoms with E-state index in [0.29, 0.717) is 5.92 Å². The molecule has 2 atom stereocenters. The molecule has 0 aliphatic heterocycles. The van der Waals surface area contributed by atoms with E-state index in [2.05, 4.69) is 19.6 Å². The number of allylic oxidation sites excluding steroid dienone is 2. The first kappa shape index (κ1) is 10.5. The van der Waals surface area contributed by atoms with Crippen molar-refractivity contribution in [3.63, 3.8) is 0 Å². The lowest BCUT2D eigenvalue weighted by molar-refractivity contribution is 0.0456. The zero-order valence-electron chi connectivity index (χ0n) is 8.93. The van der Waals surface area contributed by atoms with Crippen LogP contribution in [0.1, 0.15) is 40.0 Å². The minimum absolute atomic E-state index is 0.466. The number of hydrogen-bond acceptors (Lipinski definition) is 1. The van der Waals surface area contributed by atoms with Gasteiger partial charge in [-0.1, -0.05) is 25.2 Å². The molecule has 74 valence electrons. The normalized spacial score (nSPS) is 34.2. The van der Waals surface area contributed by atoms with Crippen LogP contribution in [-0.4, -0.2) is 10.7 Å². The first-order valence-corrected chi connectivity index (χ1v) is 5.04. The average molecular weight is 180 g/mol. The third kappa shape index (κ3) is 2.02. The molecule has 1 rings (SSSR count). The lowest BCUT2D eigenvalue weighted by Gasteiger charge is -2.36. The molecule has 0 fully saturated rings. The van der Waals surface area contributed by atoms with Crippen LogP contribution in [0.3, 0.4) is 0 Å². The van der Waals surface area contributed by atoms with Gasteiger partial charge in [0.25, 0.3) is 0 Å². The lowest BCUT2D eigenvalue weighted by Crippen LogP contribution is -2.35. The molecule has 0 aromatic rings. The highest BCUT2D eigenvalue weighted by atomic mass is 16.3. The second-order valence-corrected chi connectivity index (χ2v) is 4.26. The summed E-state index contributed by atoms with van der Waals surface area (Å²) in [6.07, 6.45) is 4.86. The monoisotopic (exact) mass is 180 g/mol. The number of aliphatic hydroxyl groups is 1. The second-order valence-electron chi connectivity index (χ2n) is 4.26. The van der Waals surface area contributed by atoms with Crippen molar-refractivity contribution in [2.45, 2.75) is 45.6 Å². The van der Waals surface area contributed by atoms with Gasteiger partial charge in [-0.25, -0.2) is 0 Å². The van der Waals surface area contributed by atoms with Crippen LogP contribution in [0, 0.1) is 5.92 Å². The van der Waals surface area contributed by atoms with Crippen molar-refractivity contribution in [3.05, 3.63) is 23.8 Å². The summed E-state index contributed by atoms with van der Waals surface area (Å²) < 4.78 is 0. The van der Waals surface area contributed by atoms with Gasteiger partial charge in [-0.3, -0.25) is 0 Å². The fraction of sp³-hybridized carbons (Fsp3) is 0.667. The zero-order chi connectivity index (χ0) is 10.1. The predicted octanol–water partition coefficient (Wildman–Crippen LogP) is 3.06. The molecule has 0 amide bonds. The van der Waals surface area contributed by atoms with Gasteiger partial charge in [0.05, 0.1) is 5.60 Å². The van der Waals surface area contributed by atoms with Crippen molar-refractivity contribution in [3.8, 4) is 0 Å². The zero-order valence-corrected chi connectivity index (χ0v) is 8.93. The Balaban J connectivity index is 2.83. The largest absolute Gasteiger partial charge is 0.386 e. The van der Waals surface area contributed by atoms with Crippen LogP contribution < -0.4 is 0 Å². The van der Waals surface area contributed by atoms with E-state index in [-0.39, 0.29) is 0 Å². The van der Waals surface area contributed by atoms with Crippen LogP contribution in [0.15, 0.2) is 23.8 Å². The van der Waals surface area contributed by atoms with E-state index >= 15 is 0 Å². The molecule has 1 nitrogen and oxygen atoms in total. The Morgan fingerprint density at radius 3 is 2.85 bits per heavy atom. The summed E-state index contributed by atoms with van der Waals surface area (Å²) in [5.74, 6) is 0.466. The summed E-state index contributed by atoms with van der Waals surface area (Å²) in [4.78, 5) is 0. The molecule has 2 unspecified atom stereocenters. The van der Waals surface area contributed by atoms with Crippen molar-refractivity contribution in [2.24, 2.45) is 5.92 Å². The molecule has 0 spiro atoms. The summed E-state index contributed by atoms with van der Waals surface area (Å²) in [6.45, 7) is 10.1. The average Bonchev–Trinajstić information content (AvgIpc) is 2.09. The Bertz CT molecular complexity index is 240. The Labute approximate surface area is 81.2 Å². The molecule has 0 aromatic heterocycles. The third-order valence-electron chi connectivity index (χ3n) is 3.31. The third-order valence-corrected chi connectivity index (χ3v) is 3.31. The molecule has 0 radical (unpaired) electrons. The van der Waals surface area contributed by atoms with Gasteiger partial charge in [0, 0.05) is 0 Å². The van der Waals surface area contributed by atoms with Crippen molar-refractivity contribution in [1.82, 2.24) is 0 Å². The van der Waals surface area contributed by atoms with E-state index in [4.69, 9.17) is 0 Å². The topological polar surface area (TPSA) is 20.2 Å². The van der Waals surface area contributed by atoms with Gasteiger partial charge in [0.1, 0.15) is 0 Å². The van der Waals surface area contributed by atoms with E-state index in [0.717, 1.165) is 24.8 Å². The van der Waals surface area contributed by atoms with E-state index in [1.54, 1.807) is 0 Å². The summed E-state index contributed by atoms with van der Waals surface area (Å²) in [5.41, 5.74) is 1.75. The SMILES string of the molecule is C=C(C)C1CC=C(C)C(O)(CC)C1. The van der Waals surface area contributed by atoms with Crippen molar-refractivity contribution in [1.29, 1.82) is 0 Å². The molecule has 0 aromatic carbocycles. The molecule has 0 heterocycles. The lowest BCUT2D eigenvalue weighted by atomic mass is 9.74. The highest BCUT2D eigenvalue weighted by Crippen LogP contribution is 2.37. The Hall–Kier alpha value is -0.560. The molecule has 13 heavy (non-hydrogen) atoms. The smallest absolute Gasteiger partial charge is 0.0857 e. The fourth-order valence-corrected chi connectivity index (χ4v) is 1.96. The van der Waals surface area contributed by atoms with Gasteiger partial charge in [-0.2, -0.15) is 0 Å². The minimum atomic E-state index is -0.568. The van der Waals surface area contributed by atoms with Gasteiger partial charge in [-0.15, -0.1) is 0 Å². The van der Waals surface area contributed by atoms with E-state index < -0.39 is 5.60 Å². The predicted molar refractivity (Wildman–Crippen MR) is 56.5 cm³/mol. The van der Waals surface area contributed by atoms with Gasteiger partial charge < -0.3 is 5.11 Å². The molecule has 0 saturated carbocycles. The number of rotatable bonds is 2. The van der Waals surface area contributed by atoms with E-state index in [9.17, 15) is 5.11 Å². The Kier molecular flexibility index (Phi) is 2.97. The molecular weight excluding hydrogens is 160 g/mol. The van der Waals surface area contributed by atoms with Crippen LogP contribution in [0.5, 0.6) is 0 Å². The van der Waals surface area contributed by atoms with Crippen molar-refractivity contribution < 1.29 is 5.11 Å². The van der Waals surface area contributed by atoms with Crippen molar-refractivity contribution >= 4 is 0 Å². The summed E-state index contributed by atoms with van der Waals surface area (Å²) >= 11 is 0. The maximum absolute atomic E-state index is 10.3. The van der Waals surface area contributed by atoms with Gasteiger partial charge in [-0.05, 0) is 44.6 Å². The van der Waals surface area contributed by atoms with E-state index in [1.807, 2.05) is 13.8 Å². The van der Waals surface area contributed by atoms with Crippen LogP contribution >= 0.6 is 0 Å². The highest BCUT2D eigenvalue weighted by molar-refractivity contribution is 5.21. The molecule has 0 saturated heterocycles. The molecular formula is C12H20O. The Morgan fingerprint density at radius 2 is 2.38 bits per heavy atom. The standard InChI is InChI=1S/C12H20O/c1-5-12(13)8-11(9(2)3)7-6-10(12)4/h6,11,13H,2,5,7-8H2,1,3-4H3. The highest BCUT2D eigenvalue weighted by Gasteiger charge is 2.33. The van der Waals surface area contributed by atoms with Crippen LogP contribution in [0.25, 0.3) is 0 Å². The molecule has 1 heteroatoms. The quantitative estimate of drug-likeness (QED) is 0.647. The molecule has 0 bridgehead atoms. The molecule has 1 aliphatic rings. The molecule has 1 N–H and O–H groups in total.